The monoisotopic (exact) mass is 606 g/mol. The van der Waals surface area contributed by atoms with E-state index in [0.717, 1.165) is 48.6 Å². The summed E-state index contributed by atoms with van der Waals surface area (Å²) >= 11 is 13.0. The highest BCUT2D eigenvalue weighted by Gasteiger charge is 2.54. The number of benzene rings is 2. The molecule has 1 aromatic heterocycles. The molecule has 0 aliphatic heterocycles. The number of carboxylic acids is 1. The SMILES string of the molecule is C[C@@H](COc1ccnc2c1[C@H](C)CCC2)C[C@H]1Cc2c(Cl)cccc2C12CCC(Nc1cccc(Cl)c1)(C(=O)O)CC2. The number of hydrogen-bond donors (Lipinski definition) is 2. The van der Waals surface area contributed by atoms with E-state index >= 15 is 0 Å². The minimum absolute atomic E-state index is 0.103. The van der Waals surface area contributed by atoms with Crippen molar-refractivity contribution in [1.29, 1.82) is 0 Å². The number of aliphatic carboxylic acids is 1. The van der Waals surface area contributed by atoms with Crippen molar-refractivity contribution in [2.45, 2.75) is 88.5 Å². The number of anilines is 1. The van der Waals surface area contributed by atoms with Crippen molar-refractivity contribution in [3.63, 3.8) is 0 Å². The Morgan fingerprint density at radius 3 is 2.69 bits per heavy atom. The minimum Gasteiger partial charge on any atom is -0.493 e. The van der Waals surface area contributed by atoms with Crippen LogP contribution in [0.3, 0.4) is 0 Å². The minimum atomic E-state index is -1.03. The molecule has 1 saturated carbocycles. The van der Waals surface area contributed by atoms with E-state index in [0.29, 0.717) is 42.2 Å². The Bertz CT molecular complexity index is 1470. The van der Waals surface area contributed by atoms with Crippen molar-refractivity contribution < 1.29 is 14.6 Å². The van der Waals surface area contributed by atoms with Gasteiger partial charge in [-0.2, -0.15) is 0 Å². The predicted molar refractivity (Wildman–Crippen MR) is 169 cm³/mol. The Hall–Kier alpha value is -2.76. The van der Waals surface area contributed by atoms with Crippen LogP contribution in [0, 0.1) is 11.8 Å². The second-order valence-electron chi connectivity index (χ2n) is 13.0. The highest BCUT2D eigenvalue weighted by atomic mass is 35.5. The lowest BCUT2D eigenvalue weighted by Crippen LogP contribution is -2.53. The molecule has 3 aliphatic carbocycles. The number of carbonyl (C=O) groups is 1. The third-order valence-corrected chi connectivity index (χ3v) is 10.9. The van der Waals surface area contributed by atoms with Gasteiger partial charge >= 0.3 is 5.97 Å². The Morgan fingerprint density at radius 1 is 1.14 bits per heavy atom. The molecule has 1 spiro atoms. The van der Waals surface area contributed by atoms with Gasteiger partial charge in [-0.1, -0.05) is 55.2 Å². The van der Waals surface area contributed by atoms with Gasteiger partial charge in [-0.3, -0.25) is 4.98 Å². The van der Waals surface area contributed by atoms with Crippen molar-refractivity contribution in [3.8, 4) is 5.75 Å². The second kappa shape index (κ2) is 11.7. The third kappa shape index (κ3) is 5.39. The van der Waals surface area contributed by atoms with Crippen molar-refractivity contribution >= 4 is 34.9 Å². The summed E-state index contributed by atoms with van der Waals surface area (Å²) in [5.74, 6) is 1.35. The van der Waals surface area contributed by atoms with Crippen LogP contribution in [-0.2, 0) is 23.1 Å². The summed E-state index contributed by atoms with van der Waals surface area (Å²) in [5.41, 5.74) is 4.63. The molecule has 6 rings (SSSR count). The Morgan fingerprint density at radius 2 is 1.93 bits per heavy atom. The lowest BCUT2D eigenvalue weighted by Gasteiger charge is -2.47. The molecule has 7 heteroatoms. The van der Waals surface area contributed by atoms with Gasteiger partial charge in [0.25, 0.3) is 0 Å². The zero-order valence-electron chi connectivity index (χ0n) is 24.5. The van der Waals surface area contributed by atoms with Gasteiger partial charge in [0.15, 0.2) is 0 Å². The van der Waals surface area contributed by atoms with Crippen LogP contribution in [0.15, 0.2) is 54.7 Å². The Balaban J connectivity index is 1.21. The average Bonchev–Trinajstić information content (AvgIpc) is 3.26. The number of aryl methyl sites for hydroxylation is 1. The summed E-state index contributed by atoms with van der Waals surface area (Å²) in [7, 11) is 0. The standard InChI is InChI=1S/C35H40Cl2N2O3/c1-22(21-42-31-12-17-38-30-11-3-6-23(2)32(30)31)18-24-19-27-28(9-5-10-29(27)37)34(24)13-15-35(16-14-34,33(40)41)39-26-8-4-7-25(36)20-26/h4-5,7-10,12,17,20,22-24,39H,3,6,11,13-16,18-19,21H2,1-2H3,(H,40,41)/t22-,23-,24+,34?,35?/m1/s1. The number of fused-ring (bicyclic) bond motifs is 3. The van der Waals surface area contributed by atoms with Crippen LogP contribution in [-0.4, -0.2) is 28.2 Å². The highest BCUT2D eigenvalue weighted by molar-refractivity contribution is 6.31. The van der Waals surface area contributed by atoms with Crippen LogP contribution in [0.1, 0.15) is 87.1 Å². The topological polar surface area (TPSA) is 71.5 Å². The summed E-state index contributed by atoms with van der Waals surface area (Å²) in [4.78, 5) is 17.4. The first-order chi connectivity index (χ1) is 20.2. The maximum atomic E-state index is 12.7. The van der Waals surface area contributed by atoms with Crippen molar-refractivity contribution in [2.24, 2.45) is 11.8 Å². The molecule has 0 bridgehead atoms. The van der Waals surface area contributed by atoms with Crippen LogP contribution in [0.4, 0.5) is 5.69 Å². The van der Waals surface area contributed by atoms with Gasteiger partial charge < -0.3 is 15.2 Å². The molecule has 0 radical (unpaired) electrons. The lowest BCUT2D eigenvalue weighted by molar-refractivity contribution is -0.144. The molecule has 222 valence electrons. The molecule has 0 unspecified atom stereocenters. The van der Waals surface area contributed by atoms with Crippen LogP contribution < -0.4 is 10.1 Å². The van der Waals surface area contributed by atoms with Crippen molar-refractivity contribution in [3.05, 3.63) is 87.2 Å². The van der Waals surface area contributed by atoms with Gasteiger partial charge in [0.2, 0.25) is 0 Å². The maximum absolute atomic E-state index is 12.7. The number of nitrogens with one attached hydrogen (secondary N) is 1. The summed E-state index contributed by atoms with van der Waals surface area (Å²) < 4.78 is 6.50. The molecule has 2 N–H and O–H groups in total. The number of nitrogens with zero attached hydrogens (tertiary/aromatic N) is 1. The molecular weight excluding hydrogens is 567 g/mol. The molecule has 42 heavy (non-hydrogen) atoms. The Labute approximate surface area is 259 Å². The van der Waals surface area contributed by atoms with E-state index in [2.05, 4.69) is 36.3 Å². The highest BCUT2D eigenvalue weighted by Crippen LogP contribution is 2.57. The van der Waals surface area contributed by atoms with Crippen molar-refractivity contribution in [2.75, 3.05) is 11.9 Å². The number of ether oxygens (including phenoxy) is 1. The smallest absolute Gasteiger partial charge is 0.329 e. The van der Waals surface area contributed by atoms with Crippen LogP contribution in [0.2, 0.25) is 10.0 Å². The molecule has 3 atom stereocenters. The Kier molecular flexibility index (Phi) is 8.19. The van der Waals surface area contributed by atoms with E-state index in [1.54, 1.807) is 12.1 Å². The molecule has 0 saturated heterocycles. The van der Waals surface area contributed by atoms with Gasteiger partial charge in [-0.05, 0) is 122 Å². The maximum Gasteiger partial charge on any atom is 0.329 e. The number of rotatable bonds is 8. The average molecular weight is 608 g/mol. The molecule has 3 aliphatic rings. The largest absolute Gasteiger partial charge is 0.493 e. The molecule has 5 nitrogen and oxygen atoms in total. The molecular formula is C35H40Cl2N2O3. The van der Waals surface area contributed by atoms with Gasteiger partial charge in [0.1, 0.15) is 11.3 Å². The number of aromatic nitrogens is 1. The third-order valence-electron chi connectivity index (χ3n) is 10.3. The number of hydrogen-bond acceptors (Lipinski definition) is 4. The first kappa shape index (κ1) is 29.3. The van der Waals surface area contributed by atoms with E-state index in [1.807, 2.05) is 30.5 Å². The van der Waals surface area contributed by atoms with Crippen LogP contribution in [0.5, 0.6) is 5.75 Å². The zero-order chi connectivity index (χ0) is 29.5. The summed E-state index contributed by atoms with van der Waals surface area (Å²) in [6.07, 6.45) is 9.83. The quantitative estimate of drug-likeness (QED) is 0.268. The fourth-order valence-electron chi connectivity index (χ4n) is 8.09. The van der Waals surface area contributed by atoms with Crippen LogP contribution in [0.25, 0.3) is 0 Å². The first-order valence-electron chi connectivity index (χ1n) is 15.4. The lowest BCUT2D eigenvalue weighted by atomic mass is 9.59. The molecule has 0 amide bonds. The molecule has 2 aromatic carbocycles. The fourth-order valence-corrected chi connectivity index (χ4v) is 8.54. The van der Waals surface area contributed by atoms with Gasteiger partial charge in [0.05, 0.1) is 6.61 Å². The van der Waals surface area contributed by atoms with Gasteiger partial charge in [-0.25, -0.2) is 4.79 Å². The number of carboxylic acid groups (broad SMARTS) is 1. The van der Waals surface area contributed by atoms with Gasteiger partial charge in [0, 0.05) is 33.2 Å². The van der Waals surface area contributed by atoms with E-state index in [9.17, 15) is 9.90 Å². The molecule has 1 heterocycles. The number of pyridine rings is 1. The predicted octanol–water partition coefficient (Wildman–Crippen LogP) is 8.85. The summed E-state index contributed by atoms with van der Waals surface area (Å²) in [6.45, 7) is 5.20. The second-order valence-corrected chi connectivity index (χ2v) is 13.8. The molecule has 3 aromatic rings. The van der Waals surface area contributed by atoms with Gasteiger partial charge in [-0.15, -0.1) is 0 Å². The fraction of sp³-hybridized carbons (Fsp3) is 0.486. The first-order valence-corrected chi connectivity index (χ1v) is 16.1. The van der Waals surface area contributed by atoms with E-state index in [-0.39, 0.29) is 5.41 Å². The van der Waals surface area contributed by atoms with Crippen LogP contribution >= 0.6 is 23.2 Å². The van der Waals surface area contributed by atoms with E-state index < -0.39 is 11.5 Å². The normalized spacial score (nSPS) is 27.2. The zero-order valence-corrected chi connectivity index (χ0v) is 26.0. The summed E-state index contributed by atoms with van der Waals surface area (Å²) in [5, 5.41) is 15.2. The van der Waals surface area contributed by atoms with Crippen molar-refractivity contribution in [1.82, 2.24) is 4.98 Å². The van der Waals surface area contributed by atoms with E-state index in [1.165, 1.54) is 35.2 Å². The number of halogens is 2. The molecule has 1 fully saturated rings. The van der Waals surface area contributed by atoms with E-state index in [4.69, 9.17) is 27.9 Å². The summed E-state index contributed by atoms with van der Waals surface area (Å²) in [6, 6.07) is 15.6.